The van der Waals surface area contributed by atoms with E-state index < -0.39 is 0 Å². The molecule has 0 amide bonds. The van der Waals surface area contributed by atoms with E-state index in [1.54, 1.807) is 6.07 Å². The van der Waals surface area contributed by atoms with Gasteiger partial charge in [0.25, 0.3) is 0 Å². The lowest BCUT2D eigenvalue weighted by molar-refractivity contribution is 0.101. The smallest absolute Gasteiger partial charge is 0.163 e. The quantitative estimate of drug-likeness (QED) is 0.328. The number of aromatic hydroxyl groups is 1. The van der Waals surface area contributed by atoms with Crippen LogP contribution in [0.5, 0.6) is 11.5 Å². The van der Waals surface area contributed by atoms with E-state index in [0.717, 1.165) is 43.5 Å². The Labute approximate surface area is 173 Å². The third kappa shape index (κ3) is 7.83. The van der Waals surface area contributed by atoms with E-state index in [-0.39, 0.29) is 11.5 Å². The topological polar surface area (TPSA) is 101 Å². The zero-order valence-electron chi connectivity index (χ0n) is 17.7. The van der Waals surface area contributed by atoms with Crippen LogP contribution < -0.4 is 4.74 Å². The van der Waals surface area contributed by atoms with Crippen molar-refractivity contribution in [2.24, 2.45) is 0 Å². The van der Waals surface area contributed by atoms with Crippen molar-refractivity contribution < 1.29 is 14.6 Å². The summed E-state index contributed by atoms with van der Waals surface area (Å²) >= 11 is 0. The molecule has 1 aromatic heterocycles. The van der Waals surface area contributed by atoms with Gasteiger partial charge >= 0.3 is 0 Å². The van der Waals surface area contributed by atoms with Gasteiger partial charge in [-0.3, -0.25) is 4.79 Å². The molecule has 0 fully saturated rings. The minimum Gasteiger partial charge on any atom is -0.507 e. The molecule has 7 heteroatoms. The highest BCUT2D eigenvalue weighted by atomic mass is 16.5. The van der Waals surface area contributed by atoms with Gasteiger partial charge in [0.05, 0.1) is 12.2 Å². The molecule has 2 aromatic rings. The molecule has 160 valence electrons. The number of phenols is 1. The third-order valence-corrected chi connectivity index (χ3v) is 5.07. The Hall–Kier alpha value is -2.44. The number of rotatable bonds is 15. The van der Waals surface area contributed by atoms with E-state index in [2.05, 4.69) is 27.5 Å². The first-order valence-electron chi connectivity index (χ1n) is 10.8. The van der Waals surface area contributed by atoms with Crippen molar-refractivity contribution in [1.82, 2.24) is 20.6 Å². The van der Waals surface area contributed by atoms with Gasteiger partial charge in [-0.2, -0.15) is 0 Å². The monoisotopic (exact) mass is 402 g/mol. The maximum Gasteiger partial charge on any atom is 0.163 e. The molecular weight excluding hydrogens is 368 g/mol. The second-order valence-electron chi connectivity index (χ2n) is 7.52. The van der Waals surface area contributed by atoms with Crippen LogP contribution in [0.3, 0.4) is 0 Å². The van der Waals surface area contributed by atoms with Crippen LogP contribution in [0.15, 0.2) is 12.1 Å². The first-order chi connectivity index (χ1) is 14.1. The molecule has 0 saturated heterocycles. The number of phenolic OH excluding ortho intramolecular Hbond substituents is 1. The van der Waals surface area contributed by atoms with Gasteiger partial charge in [0.2, 0.25) is 0 Å². The average molecular weight is 403 g/mol. The standard InChI is InChI=1S/C22H34N4O3/c1-3-12-19-20(15-14-18(17(2)27)22(19)28)29-16-11-9-7-5-4-6-8-10-13-21-23-25-26-24-21/h14-15,28H,3-13,16H2,1-2H3,(H,23,24,25,26). The molecule has 0 atom stereocenters. The molecule has 29 heavy (non-hydrogen) atoms. The number of Topliss-reactive ketones (excluding diaryl/α,β-unsaturated/α-hetero) is 1. The van der Waals surface area contributed by atoms with Crippen LogP contribution >= 0.6 is 0 Å². The lowest BCUT2D eigenvalue weighted by Crippen LogP contribution is -2.03. The van der Waals surface area contributed by atoms with Crippen molar-refractivity contribution in [1.29, 1.82) is 0 Å². The molecular formula is C22H34N4O3. The molecule has 0 radical (unpaired) electrons. The van der Waals surface area contributed by atoms with E-state index in [0.29, 0.717) is 24.3 Å². The Bertz CT molecular complexity index is 732. The number of aromatic amines is 1. The summed E-state index contributed by atoms with van der Waals surface area (Å²) in [6.45, 7) is 4.16. The van der Waals surface area contributed by atoms with E-state index >= 15 is 0 Å². The molecule has 0 unspecified atom stereocenters. The van der Waals surface area contributed by atoms with Gasteiger partial charge in [-0.1, -0.05) is 51.9 Å². The summed E-state index contributed by atoms with van der Waals surface area (Å²) in [5.41, 5.74) is 1.12. The highest BCUT2D eigenvalue weighted by Crippen LogP contribution is 2.33. The summed E-state index contributed by atoms with van der Waals surface area (Å²) in [4.78, 5) is 11.6. The second kappa shape index (κ2) is 12.9. The van der Waals surface area contributed by atoms with Gasteiger partial charge in [0.1, 0.15) is 17.3 Å². The molecule has 2 N–H and O–H groups in total. The molecule has 1 heterocycles. The molecule has 0 aliphatic rings. The van der Waals surface area contributed by atoms with Crippen LogP contribution in [0.4, 0.5) is 0 Å². The zero-order chi connectivity index (χ0) is 20.9. The molecule has 0 bridgehead atoms. The lowest BCUT2D eigenvalue weighted by atomic mass is 10.0. The normalized spacial score (nSPS) is 11.0. The van der Waals surface area contributed by atoms with Crippen LogP contribution in [-0.4, -0.2) is 38.1 Å². The maximum absolute atomic E-state index is 11.6. The molecule has 2 rings (SSSR count). The zero-order valence-corrected chi connectivity index (χ0v) is 17.7. The number of aromatic nitrogens is 4. The average Bonchev–Trinajstić information content (AvgIpc) is 3.21. The number of tetrazole rings is 1. The molecule has 7 nitrogen and oxygen atoms in total. The van der Waals surface area contributed by atoms with Crippen molar-refractivity contribution in [3.63, 3.8) is 0 Å². The van der Waals surface area contributed by atoms with Crippen molar-refractivity contribution >= 4 is 5.78 Å². The summed E-state index contributed by atoms with van der Waals surface area (Å²) in [7, 11) is 0. The Balaban J connectivity index is 1.57. The highest BCUT2D eigenvalue weighted by Gasteiger charge is 2.15. The number of benzene rings is 1. The van der Waals surface area contributed by atoms with Crippen molar-refractivity contribution in [2.45, 2.75) is 84.5 Å². The van der Waals surface area contributed by atoms with Gasteiger partial charge < -0.3 is 9.84 Å². The summed E-state index contributed by atoms with van der Waals surface area (Å²) in [6, 6.07) is 3.47. The van der Waals surface area contributed by atoms with Gasteiger partial charge in [-0.15, -0.1) is 5.10 Å². The van der Waals surface area contributed by atoms with E-state index in [1.807, 2.05) is 6.07 Å². The second-order valence-corrected chi connectivity index (χ2v) is 7.52. The van der Waals surface area contributed by atoms with Gasteiger partial charge in [-0.05, 0) is 48.7 Å². The summed E-state index contributed by atoms with van der Waals surface area (Å²) < 4.78 is 5.91. The van der Waals surface area contributed by atoms with Crippen LogP contribution in [0.2, 0.25) is 0 Å². The van der Waals surface area contributed by atoms with Gasteiger partial charge in [0, 0.05) is 12.0 Å². The number of ether oxygens (including phenoxy) is 1. The summed E-state index contributed by atoms with van der Waals surface area (Å²) in [6.07, 6.45) is 12.0. The first-order valence-corrected chi connectivity index (χ1v) is 10.8. The summed E-state index contributed by atoms with van der Waals surface area (Å²) in [5, 5.41) is 24.2. The van der Waals surface area contributed by atoms with E-state index in [9.17, 15) is 9.90 Å². The van der Waals surface area contributed by atoms with Crippen LogP contribution in [0.25, 0.3) is 0 Å². The maximum atomic E-state index is 11.6. The van der Waals surface area contributed by atoms with Gasteiger partial charge in [-0.25, -0.2) is 5.10 Å². The number of H-pyrrole nitrogens is 1. The Morgan fingerprint density at radius 2 is 1.72 bits per heavy atom. The molecule has 1 aromatic carbocycles. The Morgan fingerprint density at radius 1 is 1.03 bits per heavy atom. The van der Waals surface area contributed by atoms with Crippen molar-refractivity contribution in [3.8, 4) is 11.5 Å². The Morgan fingerprint density at radius 3 is 2.34 bits per heavy atom. The van der Waals surface area contributed by atoms with Crippen molar-refractivity contribution in [3.05, 3.63) is 29.1 Å². The molecule has 0 aliphatic carbocycles. The number of carbonyl (C=O) groups excluding carboxylic acids is 1. The predicted molar refractivity (Wildman–Crippen MR) is 112 cm³/mol. The minimum atomic E-state index is -0.124. The number of ketones is 1. The van der Waals surface area contributed by atoms with Gasteiger partial charge in [0.15, 0.2) is 5.78 Å². The van der Waals surface area contributed by atoms with Crippen LogP contribution in [-0.2, 0) is 12.8 Å². The number of carbonyl (C=O) groups is 1. The third-order valence-electron chi connectivity index (χ3n) is 5.07. The summed E-state index contributed by atoms with van der Waals surface area (Å²) in [5.74, 6) is 1.53. The highest BCUT2D eigenvalue weighted by molar-refractivity contribution is 5.97. The SMILES string of the molecule is CCCc1c(OCCCCCCCCCCc2nnn[nH]2)ccc(C(C)=O)c1O. The minimum absolute atomic E-state index is 0.0800. The number of hydrogen-bond acceptors (Lipinski definition) is 6. The van der Waals surface area contributed by atoms with Crippen LogP contribution in [0, 0.1) is 0 Å². The lowest BCUT2D eigenvalue weighted by Gasteiger charge is -2.14. The van der Waals surface area contributed by atoms with Crippen molar-refractivity contribution in [2.75, 3.05) is 6.61 Å². The fourth-order valence-electron chi connectivity index (χ4n) is 3.45. The molecule has 0 aliphatic heterocycles. The molecule has 0 spiro atoms. The number of nitrogens with zero attached hydrogens (tertiary/aromatic N) is 3. The first kappa shape index (κ1) is 22.8. The number of nitrogens with one attached hydrogen (secondary N) is 1. The largest absolute Gasteiger partial charge is 0.507 e. The van der Waals surface area contributed by atoms with Crippen LogP contribution in [0.1, 0.15) is 93.4 Å². The molecule has 0 saturated carbocycles. The van der Waals surface area contributed by atoms with E-state index in [4.69, 9.17) is 4.74 Å². The number of aryl methyl sites for hydroxylation is 1. The Kier molecular flexibility index (Phi) is 10.2. The van der Waals surface area contributed by atoms with E-state index in [1.165, 1.54) is 39.0 Å². The predicted octanol–water partition coefficient (Wildman–Crippen LogP) is 4.80. The fraction of sp³-hybridized carbons (Fsp3) is 0.636. The number of unbranched alkanes of at least 4 members (excludes halogenated alkanes) is 7. The fourth-order valence-corrected chi connectivity index (χ4v) is 3.45. The number of hydrogen-bond donors (Lipinski definition) is 2.